The van der Waals surface area contributed by atoms with Gasteiger partial charge in [0.05, 0.1) is 0 Å². The Balaban J connectivity index is 2.23. The second-order valence-corrected chi connectivity index (χ2v) is 3.51. The van der Waals surface area contributed by atoms with Gasteiger partial charge in [-0.1, -0.05) is 42.5 Å². The molecule has 1 aromatic rings. The molecule has 0 fully saturated rings. The summed E-state index contributed by atoms with van der Waals surface area (Å²) in [6.45, 7) is 2.07. The highest BCUT2D eigenvalue weighted by molar-refractivity contribution is 6.34. The van der Waals surface area contributed by atoms with E-state index in [4.69, 9.17) is 5.11 Å². The molecule has 90 valence electrons. The van der Waals surface area contributed by atoms with E-state index in [1.807, 2.05) is 42.5 Å². The molecule has 0 spiro atoms. The lowest BCUT2D eigenvalue weighted by Crippen LogP contribution is -2.15. The zero-order valence-electron chi connectivity index (χ0n) is 9.76. The summed E-state index contributed by atoms with van der Waals surface area (Å²) >= 11 is 0. The zero-order valence-corrected chi connectivity index (χ0v) is 9.76. The van der Waals surface area contributed by atoms with Crippen LogP contribution in [0.2, 0.25) is 0 Å². The molecule has 17 heavy (non-hydrogen) atoms. The minimum atomic E-state index is -1.00. The molecule has 0 aromatic heterocycles. The maximum absolute atomic E-state index is 10.4. The number of hydrogen-bond acceptors (Lipinski definition) is 3. The molecule has 0 aliphatic carbocycles. The lowest BCUT2D eigenvalue weighted by molar-refractivity contribution is -0.129. The Hall–Kier alpha value is -2.10. The van der Waals surface area contributed by atoms with Crippen LogP contribution >= 0.6 is 0 Å². The van der Waals surface area contributed by atoms with E-state index >= 15 is 0 Å². The van der Waals surface area contributed by atoms with E-state index in [0.29, 0.717) is 6.54 Å². The van der Waals surface area contributed by atoms with Crippen LogP contribution in [0.1, 0.15) is 18.9 Å². The fourth-order valence-corrected chi connectivity index (χ4v) is 1.15. The molecule has 0 saturated heterocycles. The summed E-state index contributed by atoms with van der Waals surface area (Å²) < 4.78 is 0. The number of hydrazone groups is 1. The van der Waals surface area contributed by atoms with E-state index in [9.17, 15) is 4.79 Å². The van der Waals surface area contributed by atoms with Crippen LogP contribution in [0.4, 0.5) is 0 Å². The molecule has 0 saturated carbocycles. The van der Waals surface area contributed by atoms with Crippen LogP contribution in [0.25, 0.3) is 6.08 Å². The third-order valence-corrected chi connectivity index (χ3v) is 2.09. The maximum Gasteiger partial charge on any atom is 0.351 e. The smallest absolute Gasteiger partial charge is 0.351 e. The van der Waals surface area contributed by atoms with Crippen molar-refractivity contribution in [3.8, 4) is 0 Å². The molecular weight excluding hydrogens is 216 g/mol. The zero-order chi connectivity index (χ0) is 12.5. The first-order valence-electron chi connectivity index (χ1n) is 5.42. The number of aliphatic carboxylic acids is 1. The maximum atomic E-state index is 10.4. The quantitative estimate of drug-likeness (QED) is 0.449. The minimum Gasteiger partial charge on any atom is -0.477 e. The second-order valence-electron chi connectivity index (χ2n) is 3.51. The van der Waals surface area contributed by atoms with Crippen LogP contribution in [0.15, 0.2) is 41.5 Å². The van der Waals surface area contributed by atoms with Gasteiger partial charge < -0.3 is 10.5 Å². The predicted octanol–water partition coefficient (Wildman–Crippen LogP) is 2.14. The molecule has 4 nitrogen and oxygen atoms in total. The first kappa shape index (κ1) is 13.0. The molecule has 0 aliphatic rings. The standard InChI is InChI=1S/C13H16N2O2/c1-11(13(16)17)15-14-10-6-5-9-12-7-3-2-4-8-12/h2-5,7-9,14H,6,10H2,1H3,(H,16,17)/b9-5+,15-11-. The van der Waals surface area contributed by atoms with Gasteiger partial charge in [0.1, 0.15) is 5.71 Å². The normalized spacial score (nSPS) is 11.7. The molecule has 0 radical (unpaired) electrons. The van der Waals surface area contributed by atoms with Gasteiger partial charge in [0.15, 0.2) is 0 Å². The van der Waals surface area contributed by atoms with Crippen molar-refractivity contribution in [2.75, 3.05) is 6.54 Å². The van der Waals surface area contributed by atoms with E-state index in [2.05, 4.69) is 10.5 Å². The van der Waals surface area contributed by atoms with Crippen molar-refractivity contribution in [3.63, 3.8) is 0 Å². The van der Waals surface area contributed by atoms with Gasteiger partial charge in [-0.2, -0.15) is 5.10 Å². The monoisotopic (exact) mass is 232 g/mol. The lowest BCUT2D eigenvalue weighted by atomic mass is 10.2. The van der Waals surface area contributed by atoms with Crippen LogP contribution in [0.5, 0.6) is 0 Å². The van der Waals surface area contributed by atoms with Gasteiger partial charge >= 0.3 is 5.97 Å². The van der Waals surface area contributed by atoms with E-state index in [1.54, 1.807) is 0 Å². The SMILES string of the molecule is C/C(=N/NCC/C=C/c1ccccc1)C(=O)O. The summed E-state index contributed by atoms with van der Waals surface area (Å²) in [7, 11) is 0. The third kappa shape index (κ3) is 5.51. The third-order valence-electron chi connectivity index (χ3n) is 2.09. The van der Waals surface area contributed by atoms with Crippen LogP contribution < -0.4 is 5.43 Å². The van der Waals surface area contributed by atoms with Crippen molar-refractivity contribution in [1.82, 2.24) is 5.43 Å². The summed E-state index contributed by atoms with van der Waals surface area (Å²) in [6.07, 6.45) is 4.84. The first-order valence-corrected chi connectivity index (χ1v) is 5.42. The predicted molar refractivity (Wildman–Crippen MR) is 68.8 cm³/mol. The first-order chi connectivity index (χ1) is 8.20. The molecule has 4 heteroatoms. The number of nitrogens with one attached hydrogen (secondary N) is 1. The Morgan fingerprint density at radius 1 is 1.41 bits per heavy atom. The summed E-state index contributed by atoms with van der Waals surface area (Å²) in [5.74, 6) is -1.00. The molecule has 1 aromatic carbocycles. The molecule has 0 unspecified atom stereocenters. The van der Waals surface area contributed by atoms with Crippen molar-refractivity contribution in [2.24, 2.45) is 5.10 Å². The molecule has 0 heterocycles. The Kier molecular flexibility index (Phi) is 5.51. The van der Waals surface area contributed by atoms with Crippen molar-refractivity contribution < 1.29 is 9.90 Å². The van der Waals surface area contributed by atoms with Crippen LogP contribution in [0, 0.1) is 0 Å². The number of nitrogens with zero attached hydrogens (tertiary/aromatic N) is 1. The molecule has 2 N–H and O–H groups in total. The van der Waals surface area contributed by atoms with Crippen LogP contribution in [0.3, 0.4) is 0 Å². The second kappa shape index (κ2) is 7.22. The summed E-state index contributed by atoms with van der Waals surface area (Å²) in [4.78, 5) is 10.4. The summed E-state index contributed by atoms with van der Waals surface area (Å²) in [5.41, 5.74) is 3.93. The fraction of sp³-hybridized carbons (Fsp3) is 0.231. The van der Waals surface area contributed by atoms with Gasteiger partial charge in [0, 0.05) is 6.54 Å². The largest absolute Gasteiger partial charge is 0.477 e. The van der Waals surface area contributed by atoms with Gasteiger partial charge in [0.2, 0.25) is 0 Å². The van der Waals surface area contributed by atoms with Gasteiger partial charge in [-0.25, -0.2) is 4.79 Å². The highest BCUT2D eigenvalue weighted by atomic mass is 16.4. The summed E-state index contributed by atoms with van der Waals surface area (Å²) in [6, 6.07) is 9.99. The van der Waals surface area contributed by atoms with Crippen molar-refractivity contribution in [3.05, 3.63) is 42.0 Å². The molecule has 0 aliphatic heterocycles. The van der Waals surface area contributed by atoms with Crippen molar-refractivity contribution in [1.29, 1.82) is 0 Å². The van der Waals surface area contributed by atoms with Crippen LogP contribution in [-0.2, 0) is 4.79 Å². The lowest BCUT2D eigenvalue weighted by Gasteiger charge is -1.97. The molecule has 0 bridgehead atoms. The molecule has 0 atom stereocenters. The summed E-state index contributed by atoms with van der Waals surface area (Å²) in [5, 5.41) is 12.3. The van der Waals surface area contributed by atoms with E-state index in [1.165, 1.54) is 6.92 Å². The average Bonchev–Trinajstić information content (AvgIpc) is 2.34. The van der Waals surface area contributed by atoms with Gasteiger partial charge in [-0.05, 0) is 18.9 Å². The molecular formula is C13H16N2O2. The highest BCUT2D eigenvalue weighted by Crippen LogP contribution is 2.01. The Morgan fingerprint density at radius 3 is 2.76 bits per heavy atom. The van der Waals surface area contributed by atoms with E-state index < -0.39 is 5.97 Å². The number of carbonyl (C=O) groups is 1. The number of carboxylic acid groups (broad SMARTS) is 1. The van der Waals surface area contributed by atoms with Crippen molar-refractivity contribution in [2.45, 2.75) is 13.3 Å². The van der Waals surface area contributed by atoms with E-state index in [-0.39, 0.29) is 5.71 Å². The average molecular weight is 232 g/mol. The number of benzene rings is 1. The van der Waals surface area contributed by atoms with Gasteiger partial charge in [0.25, 0.3) is 0 Å². The van der Waals surface area contributed by atoms with Crippen LogP contribution in [-0.4, -0.2) is 23.3 Å². The van der Waals surface area contributed by atoms with Gasteiger partial charge in [-0.15, -0.1) is 0 Å². The number of hydrogen-bond donors (Lipinski definition) is 2. The molecule has 0 amide bonds. The number of rotatable bonds is 6. The molecule has 1 rings (SSSR count). The highest BCUT2D eigenvalue weighted by Gasteiger charge is 1.99. The van der Waals surface area contributed by atoms with E-state index in [0.717, 1.165) is 12.0 Å². The Bertz CT molecular complexity index is 411. The number of carboxylic acids is 1. The topological polar surface area (TPSA) is 61.7 Å². The Labute approximate surface area is 101 Å². The van der Waals surface area contributed by atoms with Gasteiger partial charge in [-0.3, -0.25) is 0 Å². The van der Waals surface area contributed by atoms with Crippen molar-refractivity contribution >= 4 is 17.8 Å². The Morgan fingerprint density at radius 2 is 2.12 bits per heavy atom. The fourth-order valence-electron chi connectivity index (χ4n) is 1.15. The minimum absolute atomic E-state index is 0.0667.